The van der Waals surface area contributed by atoms with Gasteiger partial charge in [-0.25, -0.2) is 0 Å². The van der Waals surface area contributed by atoms with Crippen molar-refractivity contribution in [3.8, 4) is 0 Å². The van der Waals surface area contributed by atoms with Gasteiger partial charge >= 0.3 is 11.9 Å². The number of hydrogen-bond acceptors (Lipinski definition) is 9. The van der Waals surface area contributed by atoms with E-state index in [0.29, 0.717) is 38.5 Å². The lowest BCUT2D eigenvalue weighted by atomic mass is 9.47. The second kappa shape index (κ2) is 10.5. The molecule has 4 fully saturated rings. The molecule has 5 aliphatic carbocycles. The van der Waals surface area contributed by atoms with Gasteiger partial charge in [0.1, 0.15) is 16.8 Å². The van der Waals surface area contributed by atoms with Gasteiger partial charge in [0.15, 0.2) is 11.6 Å². The smallest absolute Gasteiger partial charge is 0.303 e. The van der Waals surface area contributed by atoms with Gasteiger partial charge in [-0.05, 0) is 70.6 Å². The molecule has 240 valence electrons. The van der Waals surface area contributed by atoms with Crippen LogP contribution in [0.4, 0.5) is 0 Å². The molecule has 0 radical (unpaired) electrons. The molecule has 11 atom stereocenters. The number of carbonyl (C=O) groups excluding carboxylic acids is 4. The van der Waals surface area contributed by atoms with E-state index in [0.717, 1.165) is 18.4 Å². The van der Waals surface area contributed by atoms with Crippen molar-refractivity contribution in [1.82, 2.24) is 0 Å². The molecule has 43 heavy (non-hydrogen) atoms. The van der Waals surface area contributed by atoms with Gasteiger partial charge in [-0.2, -0.15) is 0 Å². The molecule has 0 bridgehead atoms. The lowest BCUT2D eigenvalue weighted by molar-refractivity contribution is -0.298. The fraction of sp³-hybridized carbons (Fsp3) is 0.824. The second-order valence-electron chi connectivity index (χ2n) is 14.8. The van der Waals surface area contributed by atoms with E-state index in [1.165, 1.54) is 13.8 Å². The minimum Gasteiger partial charge on any atom is -0.459 e. The van der Waals surface area contributed by atoms with Gasteiger partial charge in [-0.3, -0.25) is 19.2 Å². The van der Waals surface area contributed by atoms with Crippen molar-refractivity contribution in [1.29, 1.82) is 0 Å². The topological polar surface area (TPSA) is 147 Å². The zero-order valence-electron chi connectivity index (χ0n) is 26.8. The lowest BCUT2D eigenvalue weighted by Gasteiger charge is -2.62. The molecule has 9 nitrogen and oxygen atoms in total. The molecule has 9 heteroatoms. The highest BCUT2D eigenvalue weighted by atomic mass is 16.6. The maximum Gasteiger partial charge on any atom is 0.303 e. The van der Waals surface area contributed by atoms with Crippen LogP contribution in [-0.2, 0) is 28.7 Å². The van der Waals surface area contributed by atoms with Gasteiger partial charge in [-0.15, -0.1) is 0 Å². The Morgan fingerprint density at radius 2 is 1.60 bits per heavy atom. The predicted molar refractivity (Wildman–Crippen MR) is 156 cm³/mol. The fourth-order valence-corrected chi connectivity index (χ4v) is 11.1. The molecule has 0 spiro atoms. The largest absolute Gasteiger partial charge is 0.459 e. The van der Waals surface area contributed by atoms with Crippen LogP contribution in [0.2, 0.25) is 0 Å². The molecule has 3 N–H and O–H groups in total. The van der Waals surface area contributed by atoms with Crippen molar-refractivity contribution in [2.24, 2.45) is 46.8 Å². The van der Waals surface area contributed by atoms with E-state index >= 15 is 0 Å². The molecule has 0 aromatic carbocycles. The Labute approximate surface area is 254 Å². The monoisotopic (exact) mass is 602 g/mol. The molecule has 5 rings (SSSR count). The van der Waals surface area contributed by atoms with E-state index in [1.54, 1.807) is 6.92 Å². The van der Waals surface area contributed by atoms with Crippen LogP contribution in [0.3, 0.4) is 0 Å². The van der Waals surface area contributed by atoms with Crippen LogP contribution < -0.4 is 0 Å². The van der Waals surface area contributed by atoms with Crippen LogP contribution in [0.25, 0.3) is 0 Å². The van der Waals surface area contributed by atoms with Crippen LogP contribution in [0.5, 0.6) is 0 Å². The Bertz CT molecular complexity index is 1230. The van der Waals surface area contributed by atoms with Gasteiger partial charge in [-0.1, -0.05) is 38.8 Å². The van der Waals surface area contributed by atoms with Crippen molar-refractivity contribution in [3.05, 3.63) is 11.6 Å². The van der Waals surface area contributed by atoms with Gasteiger partial charge in [0, 0.05) is 49.4 Å². The third-order valence-electron chi connectivity index (χ3n) is 12.9. The number of rotatable bonds is 6. The summed E-state index contributed by atoms with van der Waals surface area (Å²) in [5, 5.41) is 35.7. The number of Topliss-reactive ketones (excluding diaryl/α,β-unsaturated/α-hetero) is 2. The number of allylic oxidation sites excluding steroid dienone is 1. The van der Waals surface area contributed by atoms with Crippen molar-refractivity contribution in [2.75, 3.05) is 0 Å². The Morgan fingerprint density at radius 1 is 0.977 bits per heavy atom. The van der Waals surface area contributed by atoms with Crippen LogP contribution >= 0.6 is 0 Å². The molecule has 0 saturated heterocycles. The second-order valence-corrected chi connectivity index (χ2v) is 14.8. The zero-order valence-corrected chi connectivity index (χ0v) is 26.8. The summed E-state index contributed by atoms with van der Waals surface area (Å²) in [4.78, 5) is 52.9. The lowest BCUT2D eigenvalue weighted by Crippen LogP contribution is -2.73. The summed E-state index contributed by atoms with van der Waals surface area (Å²) in [6.45, 7) is 12.0. The van der Waals surface area contributed by atoms with Crippen LogP contribution in [-0.4, -0.2) is 61.4 Å². The van der Waals surface area contributed by atoms with Crippen molar-refractivity contribution >= 4 is 23.5 Å². The predicted octanol–water partition coefficient (Wildman–Crippen LogP) is 4.05. The quantitative estimate of drug-likeness (QED) is 0.233. The number of ether oxygens (including phenoxy) is 2. The van der Waals surface area contributed by atoms with E-state index in [2.05, 4.69) is 6.08 Å². The van der Waals surface area contributed by atoms with Gasteiger partial charge in [0.2, 0.25) is 5.79 Å². The Morgan fingerprint density at radius 3 is 2.21 bits per heavy atom. The van der Waals surface area contributed by atoms with Crippen LogP contribution in [0.1, 0.15) is 106 Å². The van der Waals surface area contributed by atoms with Crippen molar-refractivity contribution in [3.63, 3.8) is 0 Å². The molecule has 9 unspecified atom stereocenters. The maximum absolute atomic E-state index is 14.0. The molecular weight excluding hydrogens is 552 g/mol. The molecule has 0 amide bonds. The fourth-order valence-electron chi connectivity index (χ4n) is 11.1. The van der Waals surface area contributed by atoms with Crippen LogP contribution in [0.15, 0.2) is 11.6 Å². The molecule has 0 aromatic heterocycles. The number of fused-ring (bicyclic) bond motifs is 7. The number of carbonyl (C=O) groups is 4. The van der Waals surface area contributed by atoms with E-state index in [9.17, 15) is 34.5 Å². The first-order valence-electron chi connectivity index (χ1n) is 16.3. The zero-order chi connectivity index (χ0) is 31.9. The van der Waals surface area contributed by atoms with Crippen LogP contribution in [0, 0.1) is 46.8 Å². The highest BCUT2D eigenvalue weighted by molar-refractivity contribution is 5.91. The highest BCUT2D eigenvalue weighted by Crippen LogP contribution is 2.71. The average molecular weight is 603 g/mol. The summed E-state index contributed by atoms with van der Waals surface area (Å²) in [6, 6.07) is 0. The van der Waals surface area contributed by atoms with E-state index in [1.807, 2.05) is 27.7 Å². The molecule has 0 aliphatic heterocycles. The number of hydrogen-bond donors (Lipinski definition) is 3. The third kappa shape index (κ3) is 4.27. The Kier molecular flexibility index (Phi) is 7.87. The third-order valence-corrected chi connectivity index (χ3v) is 12.9. The number of ketones is 2. The van der Waals surface area contributed by atoms with E-state index in [4.69, 9.17) is 9.47 Å². The van der Waals surface area contributed by atoms with Gasteiger partial charge in [0.05, 0.1) is 5.92 Å². The molecule has 5 aliphatic rings. The van der Waals surface area contributed by atoms with E-state index < -0.39 is 69.4 Å². The van der Waals surface area contributed by atoms with E-state index in [-0.39, 0.29) is 30.0 Å². The van der Waals surface area contributed by atoms with Crippen molar-refractivity contribution in [2.45, 2.75) is 129 Å². The summed E-state index contributed by atoms with van der Waals surface area (Å²) in [5.74, 6) is -8.70. The SMILES string of the molecule is CCCC(=O)[C@@](C)(O)C1(C)C(C)=C[C@@H](C)C2C1CC1C3C(CCC12OC(C)=O)C1(OC(C)=O)CCCCC1C(=O)C3(O)O. The molecule has 0 heterocycles. The van der Waals surface area contributed by atoms with Gasteiger partial charge in [0.25, 0.3) is 0 Å². The first kappa shape index (κ1) is 32.3. The minimum absolute atomic E-state index is 0.119. The normalized spacial score (nSPS) is 44.5. The first-order valence-corrected chi connectivity index (χ1v) is 16.3. The number of esters is 2. The molecule has 0 aromatic rings. The molecular formula is C34H50O9. The molecule has 4 saturated carbocycles. The van der Waals surface area contributed by atoms with Gasteiger partial charge < -0.3 is 24.8 Å². The summed E-state index contributed by atoms with van der Waals surface area (Å²) in [5.41, 5.74) is -4.24. The minimum atomic E-state index is -2.72. The Hall–Kier alpha value is -2.10. The highest BCUT2D eigenvalue weighted by Gasteiger charge is 2.77. The summed E-state index contributed by atoms with van der Waals surface area (Å²) in [7, 11) is 0. The summed E-state index contributed by atoms with van der Waals surface area (Å²) >= 11 is 0. The maximum atomic E-state index is 14.0. The Balaban J connectivity index is 1.71. The standard InChI is InChI=1S/C34H50O9/c1-8-11-26(37)31(7,39)30(6)19(3)16-18(2)27-24(30)17-25-28-22(13-15-33(25,27)43-21(5)36)32(42-20(4)35)14-10-9-12-23(32)29(38)34(28,40)41/h16,18,22-25,27-28,39-41H,8-15,17H2,1-7H3/t18-,22?,23?,24?,25?,27?,28?,30?,31-,32?,33?/m1/s1. The first-order chi connectivity index (χ1) is 19.9. The average Bonchev–Trinajstić information content (AvgIpc) is 3.25. The number of aliphatic hydroxyl groups is 3. The van der Waals surface area contributed by atoms with Crippen molar-refractivity contribution < 1.29 is 44.0 Å². The summed E-state index contributed by atoms with van der Waals surface area (Å²) in [6.07, 6.45) is 6.24. The summed E-state index contributed by atoms with van der Waals surface area (Å²) < 4.78 is 12.4.